The third kappa shape index (κ3) is 6.77. The lowest BCUT2D eigenvalue weighted by atomic mass is 9.68. The molecule has 14 rings (SSSR count). The van der Waals surface area contributed by atoms with Gasteiger partial charge in [-0.25, -0.2) is 0 Å². The average molecular weight is 949 g/mol. The first-order valence-corrected chi connectivity index (χ1v) is 25.8. The van der Waals surface area contributed by atoms with Gasteiger partial charge in [-0.15, -0.1) is 0 Å². The Kier molecular flexibility index (Phi) is 10.1. The van der Waals surface area contributed by atoms with Crippen molar-refractivity contribution < 1.29 is 4.42 Å². The van der Waals surface area contributed by atoms with E-state index < -0.39 is 5.41 Å². The van der Waals surface area contributed by atoms with Gasteiger partial charge in [0.1, 0.15) is 5.58 Å². The molecule has 2 aromatic heterocycles. The van der Waals surface area contributed by atoms with Crippen molar-refractivity contribution >= 4 is 71.3 Å². The molecule has 0 spiro atoms. The Morgan fingerprint density at radius 3 is 1.70 bits per heavy atom. The molecule has 0 saturated carbocycles. The molecule has 0 radical (unpaired) electrons. The van der Waals surface area contributed by atoms with Crippen molar-refractivity contribution in [1.82, 2.24) is 4.98 Å². The summed E-state index contributed by atoms with van der Waals surface area (Å²) in [4.78, 5) is 7.44. The van der Waals surface area contributed by atoms with E-state index in [4.69, 9.17) is 9.40 Å². The van der Waals surface area contributed by atoms with Crippen molar-refractivity contribution in [2.24, 2.45) is 0 Å². The molecule has 74 heavy (non-hydrogen) atoms. The number of hydrogen-bond acceptors (Lipinski definition) is 3. The van der Waals surface area contributed by atoms with E-state index in [-0.39, 0.29) is 5.92 Å². The van der Waals surface area contributed by atoms with Gasteiger partial charge in [0.15, 0.2) is 5.58 Å². The number of rotatable bonds is 8. The maximum atomic E-state index is 7.81. The zero-order valence-electron chi connectivity index (χ0n) is 41.9. The van der Waals surface area contributed by atoms with Crippen molar-refractivity contribution in [3.8, 4) is 11.1 Å². The van der Waals surface area contributed by atoms with Gasteiger partial charge in [-0.3, -0.25) is 4.98 Å². The van der Waals surface area contributed by atoms with E-state index in [9.17, 15) is 0 Å². The molecule has 11 aromatic carbocycles. The lowest BCUT2D eigenvalue weighted by molar-refractivity contribution is 0.668. The van der Waals surface area contributed by atoms with Crippen LogP contribution >= 0.6 is 0 Å². The number of aryl methyl sites for hydroxylation is 4. The predicted molar refractivity (Wildman–Crippen MR) is 309 cm³/mol. The maximum Gasteiger partial charge on any atom is 0.160 e. The molecule has 0 aliphatic heterocycles. The van der Waals surface area contributed by atoms with E-state index >= 15 is 0 Å². The topological polar surface area (TPSA) is 29.3 Å². The van der Waals surface area contributed by atoms with Crippen LogP contribution in [0.15, 0.2) is 241 Å². The SMILES string of the molecule is Cc1cc(C)cc(C(c2ccc3ccccc3c2)c2cc3oc4c(N(c5cc(C)cc(C)c5)c5ccc6ccccc6c5)c5c(cc4c3c3ccccc23)C(c2ccccc2)(c2ccccc2)c2cnccc2-5)c1. The number of anilines is 3. The van der Waals surface area contributed by atoms with E-state index in [0.29, 0.717) is 0 Å². The second-order valence-corrected chi connectivity index (χ2v) is 20.6. The Morgan fingerprint density at radius 1 is 0.446 bits per heavy atom. The molecule has 0 fully saturated rings. The molecule has 0 saturated heterocycles. The zero-order valence-corrected chi connectivity index (χ0v) is 41.9. The third-order valence-electron chi connectivity index (χ3n) is 15.8. The fraction of sp³-hybridized carbons (Fsp3) is 0.0845. The first-order chi connectivity index (χ1) is 36.3. The second-order valence-electron chi connectivity index (χ2n) is 20.6. The standard InChI is InChI=1S/C71H52N2O/c1-44-33-45(2)36-53(35-44)66(52-28-27-48-17-11-13-19-50(48)39-52)61-42-65-67(59-26-16-15-25-58(59)61)62-41-63-68(60-31-32-72-43-64(60)71(63,54-21-7-5-8-22-54)55-23-9-6-10-24-55)69(70(62)74-65)73(57-37-46(3)34-47(4)38-57)56-30-29-49-18-12-14-20-51(49)40-56/h5-43,66H,1-4H3. The molecule has 1 atom stereocenters. The summed E-state index contributed by atoms with van der Waals surface area (Å²) in [5.41, 5.74) is 19.6. The number of hydrogen-bond donors (Lipinski definition) is 0. The highest BCUT2D eigenvalue weighted by molar-refractivity contribution is 6.24. The van der Waals surface area contributed by atoms with Crippen LogP contribution in [0.3, 0.4) is 0 Å². The Hall–Kier alpha value is -9.05. The molecule has 2 heterocycles. The number of benzene rings is 11. The van der Waals surface area contributed by atoms with Crippen LogP contribution in [0.4, 0.5) is 17.1 Å². The highest BCUT2D eigenvalue weighted by atomic mass is 16.3. The summed E-state index contributed by atoms with van der Waals surface area (Å²) < 4.78 is 7.81. The molecule has 0 amide bonds. The zero-order chi connectivity index (χ0) is 49.7. The molecule has 0 N–H and O–H groups in total. The molecule has 3 nitrogen and oxygen atoms in total. The van der Waals surface area contributed by atoms with E-state index in [1.54, 1.807) is 0 Å². The number of furan rings is 1. The molecule has 1 unspecified atom stereocenters. The Balaban J connectivity index is 1.17. The van der Waals surface area contributed by atoms with Gasteiger partial charge in [0.05, 0.1) is 11.1 Å². The van der Waals surface area contributed by atoms with Crippen LogP contribution in [-0.4, -0.2) is 4.98 Å². The first-order valence-electron chi connectivity index (χ1n) is 25.8. The fourth-order valence-electron chi connectivity index (χ4n) is 12.9. The van der Waals surface area contributed by atoms with Crippen LogP contribution in [0.1, 0.15) is 67.1 Å². The van der Waals surface area contributed by atoms with Crippen molar-refractivity contribution in [3.05, 3.63) is 298 Å². The van der Waals surface area contributed by atoms with Crippen LogP contribution in [-0.2, 0) is 5.41 Å². The molecule has 13 aromatic rings. The van der Waals surface area contributed by atoms with Crippen LogP contribution < -0.4 is 4.90 Å². The van der Waals surface area contributed by atoms with Crippen molar-refractivity contribution in [2.75, 3.05) is 4.90 Å². The van der Waals surface area contributed by atoms with Gasteiger partial charge in [0.2, 0.25) is 0 Å². The molecular formula is C71H52N2O. The van der Waals surface area contributed by atoms with Crippen LogP contribution in [0.2, 0.25) is 0 Å². The number of fused-ring (bicyclic) bond motifs is 10. The van der Waals surface area contributed by atoms with Gasteiger partial charge in [0, 0.05) is 46.0 Å². The van der Waals surface area contributed by atoms with Gasteiger partial charge in [-0.2, -0.15) is 0 Å². The van der Waals surface area contributed by atoms with Gasteiger partial charge < -0.3 is 9.32 Å². The minimum atomic E-state index is -0.731. The summed E-state index contributed by atoms with van der Waals surface area (Å²) in [7, 11) is 0. The van der Waals surface area contributed by atoms with Gasteiger partial charge in [-0.05, 0) is 158 Å². The van der Waals surface area contributed by atoms with Gasteiger partial charge >= 0.3 is 0 Å². The van der Waals surface area contributed by atoms with Gasteiger partial charge in [-0.1, -0.05) is 193 Å². The van der Waals surface area contributed by atoms with Crippen LogP contribution in [0, 0.1) is 27.7 Å². The third-order valence-corrected chi connectivity index (χ3v) is 15.8. The van der Waals surface area contributed by atoms with Crippen LogP contribution in [0.25, 0.3) is 65.4 Å². The molecule has 352 valence electrons. The van der Waals surface area contributed by atoms with Crippen molar-refractivity contribution in [1.29, 1.82) is 0 Å². The van der Waals surface area contributed by atoms with E-state index in [2.05, 4.69) is 263 Å². The lowest BCUT2D eigenvalue weighted by Gasteiger charge is -2.34. The number of aromatic nitrogens is 1. The predicted octanol–water partition coefficient (Wildman–Crippen LogP) is 18.7. The Morgan fingerprint density at radius 2 is 1.03 bits per heavy atom. The maximum absolute atomic E-state index is 7.81. The average Bonchev–Trinajstić information content (AvgIpc) is 4.04. The summed E-state index contributed by atoms with van der Waals surface area (Å²) in [5.74, 6) is -0.0854. The highest BCUT2D eigenvalue weighted by Gasteiger charge is 2.49. The normalized spacial score (nSPS) is 13.2. The van der Waals surface area contributed by atoms with E-state index in [1.165, 1.54) is 82.6 Å². The summed E-state index contributed by atoms with van der Waals surface area (Å²) in [6.07, 6.45) is 4.07. The van der Waals surface area contributed by atoms with E-state index in [0.717, 1.165) is 61.1 Å². The summed E-state index contributed by atoms with van der Waals surface area (Å²) in [6.45, 7) is 8.83. The smallest absolute Gasteiger partial charge is 0.160 e. The Labute approximate surface area is 431 Å². The summed E-state index contributed by atoms with van der Waals surface area (Å²) in [5, 5.41) is 9.34. The molecular weight excluding hydrogens is 897 g/mol. The molecule has 1 aliphatic rings. The highest BCUT2D eigenvalue weighted by Crippen LogP contribution is 2.62. The van der Waals surface area contributed by atoms with Crippen molar-refractivity contribution in [3.63, 3.8) is 0 Å². The van der Waals surface area contributed by atoms with Crippen molar-refractivity contribution in [2.45, 2.75) is 39.0 Å². The number of pyridine rings is 1. The second kappa shape index (κ2) is 17.0. The number of nitrogens with zero attached hydrogens (tertiary/aromatic N) is 2. The van der Waals surface area contributed by atoms with Crippen LogP contribution in [0.5, 0.6) is 0 Å². The molecule has 1 aliphatic carbocycles. The largest absolute Gasteiger partial charge is 0.454 e. The monoisotopic (exact) mass is 948 g/mol. The van der Waals surface area contributed by atoms with Gasteiger partial charge in [0.25, 0.3) is 0 Å². The lowest BCUT2D eigenvalue weighted by Crippen LogP contribution is -2.28. The first kappa shape index (κ1) is 43.7. The van der Waals surface area contributed by atoms with E-state index in [1.807, 2.05) is 6.20 Å². The summed E-state index contributed by atoms with van der Waals surface area (Å²) in [6, 6.07) is 83.4. The minimum Gasteiger partial charge on any atom is -0.454 e. The fourth-order valence-corrected chi connectivity index (χ4v) is 12.9. The molecule has 3 heteroatoms. The summed E-state index contributed by atoms with van der Waals surface area (Å²) >= 11 is 0. The Bertz CT molecular complexity index is 4300. The molecule has 0 bridgehead atoms. The minimum absolute atomic E-state index is 0.0854. The quantitative estimate of drug-likeness (QED) is 0.142.